The number of rotatable bonds is 5. The number of anilines is 1. The average molecular weight is 279 g/mol. The molecule has 0 saturated heterocycles. The Hall–Kier alpha value is -1.36. The predicted molar refractivity (Wildman–Crippen MR) is 78.9 cm³/mol. The van der Waals surface area contributed by atoms with E-state index in [1.54, 1.807) is 12.4 Å². The van der Waals surface area contributed by atoms with E-state index in [9.17, 15) is 5.11 Å². The first-order valence-electron chi connectivity index (χ1n) is 7.53. The predicted octanol–water partition coefficient (Wildman–Crippen LogP) is 2.76. The average Bonchev–Trinajstić information content (AvgIpc) is 2.63. The van der Waals surface area contributed by atoms with Gasteiger partial charge in [0, 0.05) is 18.9 Å². The fourth-order valence-electron chi connectivity index (χ4n) is 2.57. The van der Waals surface area contributed by atoms with E-state index in [0.29, 0.717) is 18.2 Å². The third-order valence-corrected chi connectivity index (χ3v) is 3.63. The summed E-state index contributed by atoms with van der Waals surface area (Å²) in [4.78, 5) is 8.46. The standard InChI is InChI=1S/C15H25N3O2/c1-12(2)20-14-13(16-9-10-17-14)18-11-15(19)7-5-3-4-6-8-15/h9-10,12,19H,3-8,11H2,1-2H3,(H,16,18). The lowest BCUT2D eigenvalue weighted by molar-refractivity contribution is 0.0380. The van der Waals surface area contributed by atoms with Crippen molar-refractivity contribution in [2.24, 2.45) is 0 Å². The highest BCUT2D eigenvalue weighted by Gasteiger charge is 2.28. The molecule has 1 aromatic heterocycles. The van der Waals surface area contributed by atoms with Gasteiger partial charge in [-0.25, -0.2) is 9.97 Å². The van der Waals surface area contributed by atoms with E-state index >= 15 is 0 Å². The van der Waals surface area contributed by atoms with Crippen LogP contribution in [0.3, 0.4) is 0 Å². The first-order chi connectivity index (χ1) is 9.59. The minimum atomic E-state index is -0.636. The van der Waals surface area contributed by atoms with Crippen LogP contribution in [0.1, 0.15) is 52.4 Å². The summed E-state index contributed by atoms with van der Waals surface area (Å²) in [7, 11) is 0. The molecular weight excluding hydrogens is 254 g/mol. The van der Waals surface area contributed by atoms with Gasteiger partial charge in [-0.3, -0.25) is 0 Å². The number of aromatic nitrogens is 2. The zero-order chi connectivity index (χ0) is 14.4. The molecule has 0 radical (unpaired) electrons. The summed E-state index contributed by atoms with van der Waals surface area (Å²) in [5, 5.41) is 13.8. The molecule has 0 amide bonds. The molecule has 20 heavy (non-hydrogen) atoms. The van der Waals surface area contributed by atoms with E-state index < -0.39 is 5.60 Å². The van der Waals surface area contributed by atoms with Gasteiger partial charge in [-0.15, -0.1) is 0 Å². The second kappa shape index (κ2) is 6.88. The molecule has 1 saturated carbocycles. The van der Waals surface area contributed by atoms with E-state index in [2.05, 4.69) is 15.3 Å². The van der Waals surface area contributed by atoms with Crippen LogP contribution in [0.15, 0.2) is 12.4 Å². The van der Waals surface area contributed by atoms with Gasteiger partial charge in [-0.2, -0.15) is 0 Å². The van der Waals surface area contributed by atoms with E-state index in [1.807, 2.05) is 13.8 Å². The van der Waals surface area contributed by atoms with E-state index in [-0.39, 0.29) is 6.10 Å². The van der Waals surface area contributed by atoms with Crippen molar-refractivity contribution in [1.82, 2.24) is 9.97 Å². The Morgan fingerprint density at radius 3 is 2.50 bits per heavy atom. The molecule has 5 heteroatoms. The molecule has 0 spiro atoms. The summed E-state index contributed by atoms with van der Waals surface area (Å²) < 4.78 is 5.63. The molecule has 0 aromatic carbocycles. The van der Waals surface area contributed by atoms with Crippen LogP contribution in [-0.4, -0.2) is 33.3 Å². The van der Waals surface area contributed by atoms with Gasteiger partial charge in [-0.05, 0) is 26.7 Å². The Labute approximate surface area is 120 Å². The fraction of sp³-hybridized carbons (Fsp3) is 0.733. The van der Waals surface area contributed by atoms with Crippen LogP contribution >= 0.6 is 0 Å². The third-order valence-electron chi connectivity index (χ3n) is 3.63. The lowest BCUT2D eigenvalue weighted by Gasteiger charge is -2.27. The third kappa shape index (κ3) is 4.34. The van der Waals surface area contributed by atoms with Gasteiger partial charge < -0.3 is 15.2 Å². The maximum absolute atomic E-state index is 10.6. The van der Waals surface area contributed by atoms with Crippen molar-refractivity contribution in [3.8, 4) is 5.88 Å². The molecule has 0 unspecified atom stereocenters. The number of hydrogen-bond donors (Lipinski definition) is 2. The van der Waals surface area contributed by atoms with Crippen LogP contribution in [0.25, 0.3) is 0 Å². The van der Waals surface area contributed by atoms with Gasteiger partial charge in [0.15, 0.2) is 5.82 Å². The molecule has 1 heterocycles. The van der Waals surface area contributed by atoms with Crippen LogP contribution in [0.2, 0.25) is 0 Å². The Balaban J connectivity index is 1.99. The Morgan fingerprint density at radius 2 is 1.85 bits per heavy atom. The maximum atomic E-state index is 10.6. The molecule has 112 valence electrons. The van der Waals surface area contributed by atoms with E-state index in [0.717, 1.165) is 25.7 Å². The van der Waals surface area contributed by atoms with Crippen molar-refractivity contribution in [2.75, 3.05) is 11.9 Å². The highest BCUT2D eigenvalue weighted by atomic mass is 16.5. The number of nitrogens with one attached hydrogen (secondary N) is 1. The Kier molecular flexibility index (Phi) is 5.17. The van der Waals surface area contributed by atoms with Crippen molar-refractivity contribution in [2.45, 2.75) is 64.1 Å². The SMILES string of the molecule is CC(C)Oc1nccnc1NCC1(O)CCCCCC1. The number of nitrogens with zero attached hydrogens (tertiary/aromatic N) is 2. The molecule has 1 fully saturated rings. The second-order valence-electron chi connectivity index (χ2n) is 5.87. The van der Waals surface area contributed by atoms with Crippen LogP contribution < -0.4 is 10.1 Å². The molecule has 2 rings (SSSR count). The van der Waals surface area contributed by atoms with E-state index in [1.165, 1.54) is 12.8 Å². The highest BCUT2D eigenvalue weighted by molar-refractivity contribution is 5.45. The molecule has 2 N–H and O–H groups in total. The topological polar surface area (TPSA) is 67.3 Å². The minimum absolute atomic E-state index is 0.0493. The summed E-state index contributed by atoms with van der Waals surface area (Å²) in [5.41, 5.74) is -0.636. The summed E-state index contributed by atoms with van der Waals surface area (Å²) in [6.45, 7) is 4.41. The molecule has 1 aromatic rings. The van der Waals surface area contributed by atoms with Crippen LogP contribution in [0.4, 0.5) is 5.82 Å². The van der Waals surface area contributed by atoms with Gasteiger partial charge in [0.05, 0.1) is 11.7 Å². The minimum Gasteiger partial charge on any atom is -0.472 e. The fourth-order valence-corrected chi connectivity index (χ4v) is 2.57. The summed E-state index contributed by atoms with van der Waals surface area (Å²) in [5.74, 6) is 1.11. The van der Waals surface area contributed by atoms with Crippen molar-refractivity contribution in [3.63, 3.8) is 0 Å². The molecule has 5 nitrogen and oxygen atoms in total. The van der Waals surface area contributed by atoms with Gasteiger partial charge in [0.25, 0.3) is 5.88 Å². The Morgan fingerprint density at radius 1 is 1.20 bits per heavy atom. The molecule has 1 aliphatic carbocycles. The lowest BCUT2D eigenvalue weighted by atomic mass is 9.94. The van der Waals surface area contributed by atoms with Crippen LogP contribution in [0, 0.1) is 0 Å². The number of aliphatic hydroxyl groups is 1. The molecule has 0 bridgehead atoms. The van der Waals surface area contributed by atoms with Gasteiger partial charge >= 0.3 is 0 Å². The Bertz CT molecular complexity index is 415. The highest BCUT2D eigenvalue weighted by Crippen LogP contribution is 2.28. The van der Waals surface area contributed by atoms with Crippen molar-refractivity contribution in [3.05, 3.63) is 12.4 Å². The monoisotopic (exact) mass is 279 g/mol. The molecule has 0 aliphatic heterocycles. The maximum Gasteiger partial charge on any atom is 0.257 e. The van der Waals surface area contributed by atoms with Gasteiger partial charge in [0.1, 0.15) is 0 Å². The number of hydrogen-bond acceptors (Lipinski definition) is 5. The molecular formula is C15H25N3O2. The smallest absolute Gasteiger partial charge is 0.257 e. The zero-order valence-corrected chi connectivity index (χ0v) is 12.4. The van der Waals surface area contributed by atoms with Gasteiger partial charge in [-0.1, -0.05) is 25.7 Å². The molecule has 1 aliphatic rings. The summed E-state index contributed by atoms with van der Waals surface area (Å²) >= 11 is 0. The van der Waals surface area contributed by atoms with Crippen LogP contribution in [-0.2, 0) is 0 Å². The second-order valence-corrected chi connectivity index (χ2v) is 5.87. The van der Waals surface area contributed by atoms with Crippen molar-refractivity contribution in [1.29, 1.82) is 0 Å². The normalized spacial score (nSPS) is 18.6. The van der Waals surface area contributed by atoms with Crippen LogP contribution in [0.5, 0.6) is 5.88 Å². The molecule has 0 atom stereocenters. The lowest BCUT2D eigenvalue weighted by Crippen LogP contribution is -2.36. The quantitative estimate of drug-likeness (QED) is 0.811. The summed E-state index contributed by atoms with van der Waals surface area (Å²) in [6.07, 6.45) is 9.61. The first-order valence-corrected chi connectivity index (χ1v) is 7.53. The largest absolute Gasteiger partial charge is 0.472 e. The van der Waals surface area contributed by atoms with Gasteiger partial charge in [0.2, 0.25) is 0 Å². The van der Waals surface area contributed by atoms with Crippen molar-refractivity contribution < 1.29 is 9.84 Å². The first kappa shape index (κ1) is 15.0. The van der Waals surface area contributed by atoms with Crippen molar-refractivity contribution >= 4 is 5.82 Å². The summed E-state index contributed by atoms with van der Waals surface area (Å²) in [6, 6.07) is 0. The van der Waals surface area contributed by atoms with E-state index in [4.69, 9.17) is 4.74 Å². The zero-order valence-electron chi connectivity index (χ0n) is 12.4. The number of ether oxygens (including phenoxy) is 1.